The molecule has 3 aromatic rings. The molecule has 0 radical (unpaired) electrons. The highest BCUT2D eigenvalue weighted by Gasteiger charge is 2.31. The smallest absolute Gasteiger partial charge is 0.416 e. The Hall–Kier alpha value is -3.33. The number of nitrogens with one attached hydrogen (secondary N) is 1. The Morgan fingerprint density at radius 3 is 2.03 bits per heavy atom. The van der Waals surface area contributed by atoms with Crippen LogP contribution < -0.4 is 10.1 Å². The Bertz CT molecular complexity index is 1160. The summed E-state index contributed by atoms with van der Waals surface area (Å²) in [6.45, 7) is 6.09. The van der Waals surface area contributed by atoms with Crippen LogP contribution in [-0.4, -0.2) is 23.5 Å². The van der Waals surface area contributed by atoms with Gasteiger partial charge in [0.1, 0.15) is 11.9 Å². The molecule has 0 saturated heterocycles. The summed E-state index contributed by atoms with van der Waals surface area (Å²) in [6.07, 6.45) is -4.90. The second-order valence-corrected chi connectivity index (χ2v) is 10.2. The molecule has 0 aliphatic rings. The number of carboxylic acids is 1. The van der Waals surface area contributed by atoms with E-state index in [0.717, 1.165) is 22.6 Å². The van der Waals surface area contributed by atoms with Crippen LogP contribution in [0.4, 0.5) is 13.2 Å². The molecule has 2 aromatic carbocycles. The lowest BCUT2D eigenvalue weighted by Crippen LogP contribution is -2.25. The molecule has 9 heteroatoms. The van der Waals surface area contributed by atoms with Gasteiger partial charge in [-0.2, -0.15) is 13.2 Å². The molecule has 186 valence electrons. The summed E-state index contributed by atoms with van der Waals surface area (Å²) in [5.41, 5.74) is 0.414. The van der Waals surface area contributed by atoms with Gasteiger partial charge in [-0.1, -0.05) is 45.0 Å². The summed E-state index contributed by atoms with van der Waals surface area (Å²) >= 11 is 1.28. The van der Waals surface area contributed by atoms with E-state index in [1.54, 1.807) is 30.3 Å². The van der Waals surface area contributed by atoms with Crippen LogP contribution in [0.3, 0.4) is 0 Å². The minimum absolute atomic E-state index is 0.0475. The van der Waals surface area contributed by atoms with E-state index in [4.69, 9.17) is 9.84 Å². The van der Waals surface area contributed by atoms with Crippen molar-refractivity contribution in [2.24, 2.45) is 5.41 Å². The zero-order chi connectivity index (χ0) is 25.8. The van der Waals surface area contributed by atoms with Crippen molar-refractivity contribution >= 4 is 23.2 Å². The molecule has 5 nitrogen and oxygen atoms in total. The number of halogens is 3. The molecule has 0 saturated carbocycles. The zero-order valence-electron chi connectivity index (χ0n) is 19.5. The van der Waals surface area contributed by atoms with Crippen LogP contribution in [0.15, 0.2) is 60.7 Å². The molecule has 1 atom stereocenters. The highest BCUT2D eigenvalue weighted by molar-refractivity contribution is 7.14. The highest BCUT2D eigenvalue weighted by atomic mass is 32.1. The largest absolute Gasteiger partial charge is 0.484 e. The van der Waals surface area contributed by atoms with Gasteiger partial charge in [0.15, 0.2) is 0 Å². The van der Waals surface area contributed by atoms with Crippen LogP contribution >= 0.6 is 11.3 Å². The summed E-state index contributed by atoms with van der Waals surface area (Å²) in [4.78, 5) is 24.3. The Balaban J connectivity index is 1.73. The number of carbonyl (C=O) groups is 2. The van der Waals surface area contributed by atoms with Crippen LogP contribution in [-0.2, 0) is 11.0 Å². The quantitative estimate of drug-likeness (QED) is 0.353. The molecule has 0 aliphatic carbocycles. The normalized spacial score (nSPS) is 12.7. The first-order valence-electron chi connectivity index (χ1n) is 10.9. The summed E-state index contributed by atoms with van der Waals surface area (Å²) in [5.74, 6) is -0.736. The number of carboxylic acid groups (broad SMARTS) is 1. The van der Waals surface area contributed by atoms with E-state index in [9.17, 15) is 22.8 Å². The topological polar surface area (TPSA) is 75.6 Å². The number of ether oxygens (including phenoxy) is 1. The second kappa shape index (κ2) is 10.5. The maximum atomic E-state index is 12.8. The van der Waals surface area contributed by atoms with Crippen LogP contribution in [0.25, 0.3) is 11.1 Å². The molecule has 35 heavy (non-hydrogen) atoms. The second-order valence-electron chi connectivity index (χ2n) is 9.07. The van der Waals surface area contributed by atoms with E-state index in [2.05, 4.69) is 5.32 Å². The summed E-state index contributed by atoms with van der Waals surface area (Å²) in [7, 11) is 0. The fourth-order valence-electron chi connectivity index (χ4n) is 3.36. The highest BCUT2D eigenvalue weighted by Crippen LogP contribution is 2.40. The van der Waals surface area contributed by atoms with Crippen molar-refractivity contribution in [2.45, 2.75) is 39.5 Å². The zero-order valence-corrected chi connectivity index (χ0v) is 20.3. The van der Waals surface area contributed by atoms with Crippen molar-refractivity contribution in [1.29, 1.82) is 0 Å². The van der Waals surface area contributed by atoms with Gasteiger partial charge < -0.3 is 15.2 Å². The molecular weight excluding hydrogens is 479 g/mol. The van der Waals surface area contributed by atoms with Gasteiger partial charge in [0.05, 0.1) is 16.9 Å². The number of hydrogen-bond acceptors (Lipinski definition) is 4. The Morgan fingerprint density at radius 1 is 0.943 bits per heavy atom. The lowest BCUT2D eigenvalue weighted by atomic mass is 9.88. The number of aliphatic carboxylic acids is 1. The summed E-state index contributed by atoms with van der Waals surface area (Å²) in [6, 6.07) is 15.6. The van der Waals surface area contributed by atoms with Crippen molar-refractivity contribution < 1.29 is 32.6 Å². The minimum Gasteiger partial charge on any atom is -0.484 e. The molecular formula is C26H26F3NO4S. The molecule has 0 bridgehead atoms. The Morgan fingerprint density at radius 2 is 1.51 bits per heavy atom. The number of carbonyl (C=O) groups excluding carboxylic acids is 1. The van der Waals surface area contributed by atoms with E-state index < -0.39 is 17.7 Å². The molecule has 0 spiro atoms. The van der Waals surface area contributed by atoms with Gasteiger partial charge in [-0.15, -0.1) is 11.3 Å². The van der Waals surface area contributed by atoms with Crippen molar-refractivity contribution in [3.8, 4) is 16.9 Å². The number of alkyl halides is 3. The SMILES string of the molecule is CC(C)(C)[C@H](Oc1ccc(-c2ccc(C(F)(F)F)cc2)cc1)c1ccc(C(=O)NCCC(=O)O)s1. The molecule has 1 aromatic heterocycles. The van der Waals surface area contributed by atoms with Gasteiger partial charge in [0.25, 0.3) is 5.91 Å². The van der Waals surface area contributed by atoms with Gasteiger partial charge in [0, 0.05) is 16.8 Å². The van der Waals surface area contributed by atoms with Crippen LogP contribution in [0.1, 0.15) is 53.4 Å². The lowest BCUT2D eigenvalue weighted by Gasteiger charge is -2.30. The number of thiophene rings is 1. The average molecular weight is 506 g/mol. The first-order valence-corrected chi connectivity index (χ1v) is 11.7. The maximum absolute atomic E-state index is 12.8. The fourth-order valence-corrected chi connectivity index (χ4v) is 4.56. The fraction of sp³-hybridized carbons (Fsp3) is 0.308. The molecule has 1 heterocycles. The molecule has 1 amide bonds. The maximum Gasteiger partial charge on any atom is 0.416 e. The van der Waals surface area contributed by atoms with Gasteiger partial charge in [0.2, 0.25) is 0 Å². The Labute approximate surface area is 205 Å². The lowest BCUT2D eigenvalue weighted by molar-refractivity contribution is -0.138. The van der Waals surface area contributed by atoms with E-state index in [-0.39, 0.29) is 30.4 Å². The van der Waals surface area contributed by atoms with Gasteiger partial charge in [-0.3, -0.25) is 9.59 Å². The van der Waals surface area contributed by atoms with Gasteiger partial charge >= 0.3 is 12.1 Å². The van der Waals surface area contributed by atoms with Crippen LogP contribution in [0.5, 0.6) is 5.75 Å². The van der Waals surface area contributed by atoms with Crippen LogP contribution in [0, 0.1) is 5.41 Å². The van der Waals surface area contributed by atoms with Crippen molar-refractivity contribution in [1.82, 2.24) is 5.32 Å². The van der Waals surface area contributed by atoms with Crippen molar-refractivity contribution in [2.75, 3.05) is 6.54 Å². The minimum atomic E-state index is -4.38. The van der Waals surface area contributed by atoms with E-state index in [1.807, 2.05) is 26.8 Å². The first-order chi connectivity index (χ1) is 16.3. The average Bonchev–Trinajstić information content (AvgIpc) is 3.26. The number of rotatable bonds is 8. The molecule has 0 aliphatic heterocycles. The third-order valence-corrected chi connectivity index (χ3v) is 6.30. The molecule has 0 unspecified atom stereocenters. The third kappa shape index (κ3) is 7.08. The van der Waals surface area contributed by atoms with E-state index in [0.29, 0.717) is 16.2 Å². The number of hydrogen-bond donors (Lipinski definition) is 2. The molecule has 2 N–H and O–H groups in total. The van der Waals surface area contributed by atoms with Crippen molar-refractivity contribution in [3.63, 3.8) is 0 Å². The van der Waals surface area contributed by atoms with Gasteiger partial charge in [-0.25, -0.2) is 0 Å². The predicted molar refractivity (Wildman–Crippen MR) is 129 cm³/mol. The predicted octanol–water partition coefficient (Wildman–Crippen LogP) is 6.80. The van der Waals surface area contributed by atoms with E-state index >= 15 is 0 Å². The molecule has 3 rings (SSSR count). The molecule has 0 fully saturated rings. The third-order valence-electron chi connectivity index (χ3n) is 5.17. The standard InChI is InChI=1S/C26H26F3NO4S/c1-25(2,3)23(20-12-13-21(35-20)24(33)30-15-14-22(31)32)34-19-10-6-17(7-11-19)16-4-8-18(9-5-16)26(27,28)29/h4-13,23H,14-15H2,1-3H3,(H,30,33)(H,31,32)/t23-/m1/s1. The Kier molecular flexibility index (Phi) is 7.90. The first kappa shape index (κ1) is 26.3. The summed E-state index contributed by atoms with van der Waals surface area (Å²) in [5, 5.41) is 11.3. The van der Waals surface area contributed by atoms with Crippen molar-refractivity contribution in [3.05, 3.63) is 76.0 Å². The monoisotopic (exact) mass is 505 g/mol. The van der Waals surface area contributed by atoms with Crippen LogP contribution in [0.2, 0.25) is 0 Å². The van der Waals surface area contributed by atoms with Gasteiger partial charge in [-0.05, 0) is 47.5 Å². The summed E-state index contributed by atoms with van der Waals surface area (Å²) < 4.78 is 44.7. The number of benzene rings is 2. The number of amides is 1. The van der Waals surface area contributed by atoms with E-state index in [1.165, 1.54) is 23.5 Å².